The van der Waals surface area contributed by atoms with Crippen molar-refractivity contribution in [2.45, 2.75) is 13.8 Å². The van der Waals surface area contributed by atoms with Gasteiger partial charge in [0.15, 0.2) is 5.78 Å². The zero-order valence-corrected chi connectivity index (χ0v) is 15.3. The maximum absolute atomic E-state index is 12.9. The Labute approximate surface area is 154 Å². The normalized spacial score (nSPS) is 13.5. The molecule has 0 spiro atoms. The summed E-state index contributed by atoms with van der Waals surface area (Å²) in [5, 5.41) is 6.12. The Morgan fingerprint density at radius 3 is 2.32 bits per heavy atom. The molecule has 2 aromatic carbocycles. The summed E-state index contributed by atoms with van der Waals surface area (Å²) in [6, 6.07) is 12.7. The summed E-state index contributed by atoms with van der Waals surface area (Å²) < 4.78 is 0. The van der Waals surface area contributed by atoms with E-state index >= 15 is 0 Å². The van der Waals surface area contributed by atoms with Gasteiger partial charge in [0.05, 0.1) is 5.56 Å². The third-order valence-electron chi connectivity index (χ3n) is 4.60. The summed E-state index contributed by atoms with van der Waals surface area (Å²) in [5.74, 6) is 0.181. The Bertz CT molecular complexity index is 785. The van der Waals surface area contributed by atoms with Crippen molar-refractivity contribution in [1.29, 1.82) is 0 Å². The summed E-state index contributed by atoms with van der Waals surface area (Å²) in [6.45, 7) is 6.50. The Balaban J connectivity index is 0.00000225. The van der Waals surface area contributed by atoms with Crippen molar-refractivity contribution in [3.05, 3.63) is 70.3 Å². The van der Waals surface area contributed by atoms with E-state index in [9.17, 15) is 9.59 Å². The highest BCUT2D eigenvalue weighted by molar-refractivity contribution is 6.15. The summed E-state index contributed by atoms with van der Waals surface area (Å²) >= 11 is 0. The number of carbonyl (C=O) groups excluding carboxylic acids is 2. The number of amides is 1. The number of benzene rings is 2. The minimum Gasteiger partial charge on any atom is -0.352 e. The molecule has 1 saturated heterocycles. The van der Waals surface area contributed by atoms with E-state index < -0.39 is 0 Å². The molecule has 2 aromatic rings. The van der Waals surface area contributed by atoms with Crippen molar-refractivity contribution in [3.63, 3.8) is 0 Å². The van der Waals surface area contributed by atoms with Gasteiger partial charge in [0.1, 0.15) is 0 Å². The standard InChI is InChI=1S/C20H22N2O2.ClH/c1-13-7-8-16(9-14(13)2)19(23)17-5-3-4-6-18(17)20(24)22-12-15-10-21-11-15;/h3-9,15,21H,10-12H2,1-2H3,(H,22,24);1H. The molecule has 1 amide bonds. The van der Waals surface area contributed by atoms with Gasteiger partial charge in [-0.3, -0.25) is 9.59 Å². The van der Waals surface area contributed by atoms with Crippen LogP contribution in [0.15, 0.2) is 42.5 Å². The SMILES string of the molecule is Cc1ccc(C(=O)c2ccccc2C(=O)NCC2CNC2)cc1C.Cl. The number of carbonyl (C=O) groups is 2. The molecule has 4 nitrogen and oxygen atoms in total. The molecule has 0 aromatic heterocycles. The van der Waals surface area contributed by atoms with Gasteiger partial charge in [-0.25, -0.2) is 0 Å². The predicted molar refractivity (Wildman–Crippen MR) is 102 cm³/mol. The average Bonchev–Trinajstić information content (AvgIpc) is 2.55. The lowest BCUT2D eigenvalue weighted by Crippen LogP contribution is -2.48. The quantitative estimate of drug-likeness (QED) is 0.808. The average molecular weight is 359 g/mol. The van der Waals surface area contributed by atoms with E-state index in [1.807, 2.05) is 32.0 Å². The molecule has 0 saturated carbocycles. The molecule has 25 heavy (non-hydrogen) atoms. The molecule has 0 radical (unpaired) electrons. The molecule has 0 unspecified atom stereocenters. The number of aryl methyl sites for hydroxylation is 2. The second kappa shape index (κ2) is 8.28. The van der Waals surface area contributed by atoms with E-state index in [0.29, 0.717) is 29.2 Å². The van der Waals surface area contributed by atoms with Crippen LogP contribution in [0.5, 0.6) is 0 Å². The molecule has 5 heteroatoms. The van der Waals surface area contributed by atoms with E-state index in [2.05, 4.69) is 10.6 Å². The van der Waals surface area contributed by atoms with Gasteiger partial charge in [0, 0.05) is 36.7 Å². The van der Waals surface area contributed by atoms with Crippen LogP contribution in [0.1, 0.15) is 37.4 Å². The van der Waals surface area contributed by atoms with Gasteiger partial charge >= 0.3 is 0 Å². The maximum atomic E-state index is 12.9. The lowest BCUT2D eigenvalue weighted by atomic mass is 9.95. The zero-order valence-electron chi connectivity index (χ0n) is 14.5. The number of hydrogen-bond donors (Lipinski definition) is 2. The second-order valence-corrected chi connectivity index (χ2v) is 6.41. The number of rotatable bonds is 5. The first kappa shape index (κ1) is 19.2. The predicted octanol–water partition coefficient (Wildman–Crippen LogP) is 2.91. The molecule has 1 heterocycles. The fourth-order valence-corrected chi connectivity index (χ4v) is 2.74. The molecule has 132 valence electrons. The Morgan fingerprint density at radius 2 is 1.72 bits per heavy atom. The minimum absolute atomic E-state index is 0. The number of hydrogen-bond acceptors (Lipinski definition) is 3. The van der Waals surface area contributed by atoms with Crippen molar-refractivity contribution >= 4 is 24.1 Å². The van der Waals surface area contributed by atoms with Crippen molar-refractivity contribution in [2.75, 3.05) is 19.6 Å². The van der Waals surface area contributed by atoms with Gasteiger partial charge in [-0.15, -0.1) is 12.4 Å². The molecular weight excluding hydrogens is 336 g/mol. The first-order chi connectivity index (χ1) is 11.6. The second-order valence-electron chi connectivity index (χ2n) is 6.41. The van der Waals surface area contributed by atoms with Gasteiger partial charge in [-0.2, -0.15) is 0 Å². The van der Waals surface area contributed by atoms with E-state index in [0.717, 1.165) is 24.2 Å². The molecule has 1 aliphatic heterocycles. The van der Waals surface area contributed by atoms with Crippen LogP contribution in [0.2, 0.25) is 0 Å². The van der Waals surface area contributed by atoms with Crippen LogP contribution in [-0.2, 0) is 0 Å². The van der Waals surface area contributed by atoms with Gasteiger partial charge in [-0.05, 0) is 37.1 Å². The fraction of sp³-hybridized carbons (Fsp3) is 0.300. The van der Waals surface area contributed by atoms with Gasteiger partial charge in [0.2, 0.25) is 0 Å². The van der Waals surface area contributed by atoms with E-state index in [4.69, 9.17) is 0 Å². The van der Waals surface area contributed by atoms with Gasteiger partial charge < -0.3 is 10.6 Å². The highest BCUT2D eigenvalue weighted by Crippen LogP contribution is 2.17. The zero-order chi connectivity index (χ0) is 17.1. The molecule has 1 aliphatic rings. The number of ketones is 1. The van der Waals surface area contributed by atoms with E-state index in [-0.39, 0.29) is 24.1 Å². The summed E-state index contributed by atoms with van der Waals surface area (Å²) in [7, 11) is 0. The minimum atomic E-state index is -0.185. The van der Waals surface area contributed by atoms with Crippen molar-refractivity contribution in [2.24, 2.45) is 5.92 Å². The number of halogens is 1. The third kappa shape index (κ3) is 4.27. The lowest BCUT2D eigenvalue weighted by Gasteiger charge is -2.27. The Hall–Kier alpha value is -2.17. The first-order valence-corrected chi connectivity index (χ1v) is 8.26. The monoisotopic (exact) mass is 358 g/mol. The van der Waals surface area contributed by atoms with Crippen molar-refractivity contribution in [1.82, 2.24) is 10.6 Å². The van der Waals surface area contributed by atoms with Gasteiger partial charge in [0.25, 0.3) is 5.91 Å². The molecular formula is C20H23ClN2O2. The summed E-state index contributed by atoms with van der Waals surface area (Å²) in [6.07, 6.45) is 0. The fourth-order valence-electron chi connectivity index (χ4n) is 2.74. The highest BCUT2D eigenvalue weighted by atomic mass is 35.5. The van der Waals surface area contributed by atoms with Crippen LogP contribution in [0, 0.1) is 19.8 Å². The maximum Gasteiger partial charge on any atom is 0.252 e. The van der Waals surface area contributed by atoms with Crippen LogP contribution < -0.4 is 10.6 Å². The van der Waals surface area contributed by atoms with E-state index in [1.54, 1.807) is 24.3 Å². The third-order valence-corrected chi connectivity index (χ3v) is 4.60. The molecule has 0 atom stereocenters. The van der Waals surface area contributed by atoms with Crippen LogP contribution in [-0.4, -0.2) is 31.3 Å². The molecule has 3 rings (SSSR count). The van der Waals surface area contributed by atoms with Crippen molar-refractivity contribution < 1.29 is 9.59 Å². The molecule has 0 aliphatic carbocycles. The smallest absolute Gasteiger partial charge is 0.252 e. The summed E-state index contributed by atoms with van der Waals surface area (Å²) in [4.78, 5) is 25.3. The highest BCUT2D eigenvalue weighted by Gasteiger charge is 2.21. The van der Waals surface area contributed by atoms with Crippen LogP contribution in [0.25, 0.3) is 0 Å². The molecule has 0 bridgehead atoms. The summed E-state index contributed by atoms with van der Waals surface area (Å²) in [5.41, 5.74) is 3.71. The van der Waals surface area contributed by atoms with E-state index in [1.165, 1.54) is 0 Å². The van der Waals surface area contributed by atoms with Crippen LogP contribution in [0.3, 0.4) is 0 Å². The molecule has 2 N–H and O–H groups in total. The molecule has 1 fully saturated rings. The van der Waals surface area contributed by atoms with Crippen molar-refractivity contribution in [3.8, 4) is 0 Å². The Kier molecular flexibility index (Phi) is 6.34. The van der Waals surface area contributed by atoms with Gasteiger partial charge in [-0.1, -0.05) is 30.3 Å². The largest absolute Gasteiger partial charge is 0.352 e. The Morgan fingerprint density at radius 1 is 1.04 bits per heavy atom. The first-order valence-electron chi connectivity index (χ1n) is 8.26. The number of nitrogens with one attached hydrogen (secondary N) is 2. The topological polar surface area (TPSA) is 58.2 Å². The lowest BCUT2D eigenvalue weighted by molar-refractivity contribution is 0.0932. The van der Waals surface area contributed by atoms with Crippen LogP contribution >= 0.6 is 12.4 Å². The van der Waals surface area contributed by atoms with Crippen LogP contribution in [0.4, 0.5) is 0 Å².